The molecule has 0 aliphatic carbocycles. The smallest absolute Gasteiger partial charge is 0.296 e. The third-order valence-electron chi connectivity index (χ3n) is 3.90. The number of nitrogens with one attached hydrogen (secondary N) is 2. The van der Waals surface area contributed by atoms with E-state index >= 15 is 0 Å². The molecule has 1 fully saturated rings. The monoisotopic (exact) mass is 308 g/mol. The Kier molecular flexibility index (Phi) is 5.71. The number of amides is 1. The quantitative estimate of drug-likeness (QED) is 0.628. The zero-order valence-corrected chi connectivity index (χ0v) is 12.8. The van der Waals surface area contributed by atoms with Crippen LogP contribution >= 0.6 is 0 Å². The number of nitro benzene ring substituents is 1. The maximum Gasteiger partial charge on any atom is 0.296 e. The molecule has 22 heavy (non-hydrogen) atoms. The summed E-state index contributed by atoms with van der Waals surface area (Å²) >= 11 is 0. The number of likely N-dealkylation sites (tertiary alicyclic amines) is 1. The first-order chi connectivity index (χ1) is 10.6. The van der Waals surface area contributed by atoms with Crippen LogP contribution < -0.4 is 15.0 Å². The molecule has 2 rings (SSSR count). The van der Waals surface area contributed by atoms with Crippen molar-refractivity contribution in [2.45, 2.75) is 25.7 Å². The molecule has 0 spiro atoms. The molecule has 0 aromatic heterocycles. The van der Waals surface area contributed by atoms with E-state index < -0.39 is 4.92 Å². The SMILES string of the molecule is COc1ccc(NC(=O)C[NH+]2CCCCCC2)c([N+](=O)[O-])c1. The molecular formula is C15H22N3O4+. The predicted octanol–water partition coefficient (Wildman–Crippen LogP) is 1.00. The van der Waals surface area contributed by atoms with Crippen molar-refractivity contribution < 1.29 is 19.4 Å². The average molecular weight is 308 g/mol. The molecule has 7 nitrogen and oxygen atoms in total. The molecule has 1 heterocycles. The zero-order chi connectivity index (χ0) is 15.9. The van der Waals surface area contributed by atoms with E-state index in [9.17, 15) is 14.9 Å². The fourth-order valence-electron chi connectivity index (χ4n) is 2.72. The number of hydrogen-bond donors (Lipinski definition) is 2. The standard InChI is InChI=1S/C15H21N3O4/c1-22-12-6-7-13(14(10-12)18(20)21)16-15(19)11-17-8-4-2-3-5-9-17/h6-7,10H,2-5,8-9,11H2,1H3,(H,16,19)/p+1. The lowest BCUT2D eigenvalue weighted by Crippen LogP contribution is -3.12. The summed E-state index contributed by atoms with van der Waals surface area (Å²) in [7, 11) is 1.44. The molecular weight excluding hydrogens is 286 g/mol. The Labute approximate surface area is 129 Å². The second kappa shape index (κ2) is 7.74. The molecule has 1 amide bonds. The summed E-state index contributed by atoms with van der Waals surface area (Å²) in [6.45, 7) is 2.32. The van der Waals surface area contributed by atoms with E-state index in [0.717, 1.165) is 25.9 Å². The van der Waals surface area contributed by atoms with E-state index in [4.69, 9.17) is 4.74 Å². The average Bonchev–Trinajstić information content (AvgIpc) is 2.76. The highest BCUT2D eigenvalue weighted by Crippen LogP contribution is 2.28. The number of methoxy groups -OCH3 is 1. The summed E-state index contributed by atoms with van der Waals surface area (Å²) in [6, 6.07) is 4.42. The van der Waals surface area contributed by atoms with Crippen LogP contribution in [0.1, 0.15) is 25.7 Å². The largest absolute Gasteiger partial charge is 0.496 e. The highest BCUT2D eigenvalue weighted by atomic mass is 16.6. The second-order valence-corrected chi connectivity index (χ2v) is 5.53. The Morgan fingerprint density at radius 1 is 1.32 bits per heavy atom. The van der Waals surface area contributed by atoms with Gasteiger partial charge < -0.3 is 15.0 Å². The van der Waals surface area contributed by atoms with E-state index in [1.807, 2.05) is 0 Å². The van der Waals surface area contributed by atoms with Gasteiger partial charge in [-0.1, -0.05) is 0 Å². The number of carbonyl (C=O) groups excluding carboxylic acids is 1. The number of ether oxygens (including phenoxy) is 1. The summed E-state index contributed by atoms with van der Waals surface area (Å²) < 4.78 is 4.98. The number of rotatable bonds is 5. The van der Waals surface area contributed by atoms with Crippen LogP contribution in [-0.4, -0.2) is 37.6 Å². The summed E-state index contributed by atoms with van der Waals surface area (Å²) in [5.74, 6) is 0.202. The topological polar surface area (TPSA) is 85.9 Å². The van der Waals surface area contributed by atoms with Crippen LogP contribution in [0.15, 0.2) is 18.2 Å². The van der Waals surface area contributed by atoms with Gasteiger partial charge in [-0.2, -0.15) is 0 Å². The van der Waals surface area contributed by atoms with Crippen LogP contribution in [0, 0.1) is 10.1 Å². The Morgan fingerprint density at radius 2 is 2.00 bits per heavy atom. The van der Waals surface area contributed by atoms with E-state index in [1.54, 1.807) is 6.07 Å². The van der Waals surface area contributed by atoms with Crippen LogP contribution in [0.4, 0.5) is 11.4 Å². The Bertz CT molecular complexity index is 540. The molecule has 1 aromatic carbocycles. The van der Waals surface area contributed by atoms with Gasteiger partial charge in [-0.15, -0.1) is 0 Å². The van der Waals surface area contributed by atoms with Gasteiger partial charge in [0.15, 0.2) is 6.54 Å². The summed E-state index contributed by atoms with van der Waals surface area (Å²) in [5.41, 5.74) is 0.0589. The van der Waals surface area contributed by atoms with Crippen molar-refractivity contribution in [3.63, 3.8) is 0 Å². The van der Waals surface area contributed by atoms with Crippen molar-refractivity contribution in [1.82, 2.24) is 0 Å². The molecule has 0 bridgehead atoms. The van der Waals surface area contributed by atoms with Crippen molar-refractivity contribution in [1.29, 1.82) is 0 Å². The van der Waals surface area contributed by atoms with Crippen molar-refractivity contribution in [3.8, 4) is 5.75 Å². The molecule has 1 aliphatic rings. The third-order valence-corrected chi connectivity index (χ3v) is 3.90. The van der Waals surface area contributed by atoms with Gasteiger partial charge in [-0.05, 0) is 37.8 Å². The molecule has 0 atom stereocenters. The number of nitro groups is 1. The van der Waals surface area contributed by atoms with Crippen molar-refractivity contribution in [2.24, 2.45) is 0 Å². The van der Waals surface area contributed by atoms with Crippen LogP contribution in [0.5, 0.6) is 5.75 Å². The van der Waals surface area contributed by atoms with E-state index in [2.05, 4.69) is 5.32 Å². The Hall–Kier alpha value is -2.15. The van der Waals surface area contributed by atoms with Gasteiger partial charge in [-0.25, -0.2) is 0 Å². The molecule has 0 radical (unpaired) electrons. The lowest BCUT2D eigenvalue weighted by atomic mass is 10.2. The fraction of sp³-hybridized carbons (Fsp3) is 0.533. The van der Waals surface area contributed by atoms with Crippen molar-refractivity contribution in [2.75, 3.05) is 32.1 Å². The van der Waals surface area contributed by atoms with Gasteiger partial charge in [0, 0.05) is 0 Å². The highest BCUT2D eigenvalue weighted by Gasteiger charge is 2.20. The molecule has 1 aliphatic heterocycles. The molecule has 120 valence electrons. The van der Waals surface area contributed by atoms with Crippen molar-refractivity contribution in [3.05, 3.63) is 28.3 Å². The third kappa shape index (κ3) is 4.42. The molecule has 0 unspecified atom stereocenters. The summed E-state index contributed by atoms with van der Waals surface area (Å²) in [6.07, 6.45) is 4.70. The minimum absolute atomic E-state index is 0.154. The fourth-order valence-corrected chi connectivity index (χ4v) is 2.72. The first-order valence-electron chi connectivity index (χ1n) is 7.56. The zero-order valence-electron chi connectivity index (χ0n) is 12.8. The minimum Gasteiger partial charge on any atom is -0.496 e. The van der Waals surface area contributed by atoms with Crippen LogP contribution in [0.25, 0.3) is 0 Å². The van der Waals surface area contributed by atoms with Gasteiger partial charge in [0.2, 0.25) is 0 Å². The van der Waals surface area contributed by atoms with Gasteiger partial charge in [0.25, 0.3) is 11.6 Å². The lowest BCUT2D eigenvalue weighted by molar-refractivity contribution is -0.890. The number of anilines is 1. The Balaban J connectivity index is 2.02. The van der Waals surface area contributed by atoms with Crippen LogP contribution in [-0.2, 0) is 4.79 Å². The maximum atomic E-state index is 12.1. The predicted molar refractivity (Wildman–Crippen MR) is 82.3 cm³/mol. The van der Waals surface area contributed by atoms with Gasteiger partial charge in [-0.3, -0.25) is 14.9 Å². The highest BCUT2D eigenvalue weighted by molar-refractivity contribution is 5.93. The van der Waals surface area contributed by atoms with E-state index in [1.165, 1.54) is 37.0 Å². The maximum absolute atomic E-state index is 12.1. The van der Waals surface area contributed by atoms with Gasteiger partial charge in [0.05, 0.1) is 31.2 Å². The lowest BCUT2D eigenvalue weighted by Gasteiger charge is -2.16. The number of carbonyl (C=O) groups is 1. The number of quaternary nitrogens is 1. The summed E-state index contributed by atoms with van der Waals surface area (Å²) in [4.78, 5) is 24.0. The second-order valence-electron chi connectivity index (χ2n) is 5.53. The van der Waals surface area contributed by atoms with Crippen LogP contribution in [0.3, 0.4) is 0 Å². The Morgan fingerprint density at radius 3 is 2.59 bits per heavy atom. The minimum atomic E-state index is -0.517. The van der Waals surface area contributed by atoms with Crippen LogP contribution in [0.2, 0.25) is 0 Å². The number of benzene rings is 1. The van der Waals surface area contributed by atoms with E-state index in [-0.39, 0.29) is 17.3 Å². The summed E-state index contributed by atoms with van der Waals surface area (Å²) in [5, 5.41) is 13.8. The van der Waals surface area contributed by atoms with E-state index in [0.29, 0.717) is 12.3 Å². The van der Waals surface area contributed by atoms with Gasteiger partial charge in [0.1, 0.15) is 11.4 Å². The van der Waals surface area contributed by atoms with Crippen molar-refractivity contribution >= 4 is 17.3 Å². The number of hydrogen-bond acceptors (Lipinski definition) is 4. The first kappa shape index (κ1) is 16.2. The molecule has 0 saturated carbocycles. The first-order valence-corrected chi connectivity index (χ1v) is 7.56. The molecule has 1 saturated heterocycles. The molecule has 1 aromatic rings. The number of nitrogens with zero attached hydrogens (tertiary/aromatic N) is 1. The molecule has 7 heteroatoms. The normalized spacial score (nSPS) is 15.9. The van der Waals surface area contributed by atoms with Gasteiger partial charge >= 0.3 is 0 Å². The molecule has 2 N–H and O–H groups in total.